The van der Waals surface area contributed by atoms with Gasteiger partial charge in [-0.15, -0.1) is 0 Å². The Hall–Kier alpha value is -1.30. The maximum atomic E-state index is 11.0. The topological polar surface area (TPSA) is 99.7 Å². The number of carbonyl (C=O) groups is 1. The van der Waals surface area contributed by atoms with E-state index in [1.807, 2.05) is 13.8 Å². The molecule has 19 heavy (non-hydrogen) atoms. The van der Waals surface area contributed by atoms with Crippen molar-refractivity contribution < 1.29 is 10.0 Å². The highest BCUT2D eigenvalue weighted by molar-refractivity contribution is 5.85. The van der Waals surface area contributed by atoms with Crippen molar-refractivity contribution in [1.82, 2.24) is 10.6 Å². The fraction of sp³-hybridized carbons (Fsp3) is 0.846. The van der Waals surface area contributed by atoms with Gasteiger partial charge in [-0.3, -0.25) is 4.79 Å². The summed E-state index contributed by atoms with van der Waals surface area (Å²) >= 11 is 0. The third kappa shape index (κ3) is 5.46. The standard InChI is InChI=1S/C13H26N4O2/c1-13(2,12(14)17-19)7-3-4-8-15-10-5-6-11(18)16-9-10/h10,15,19H,3-9H2,1-2H3,(H2,14,17)(H,16,18). The predicted molar refractivity (Wildman–Crippen MR) is 75.1 cm³/mol. The van der Waals surface area contributed by atoms with Crippen molar-refractivity contribution >= 4 is 11.7 Å². The van der Waals surface area contributed by atoms with Crippen LogP contribution in [0, 0.1) is 5.41 Å². The highest BCUT2D eigenvalue weighted by atomic mass is 16.4. The van der Waals surface area contributed by atoms with Gasteiger partial charge in [-0.1, -0.05) is 25.4 Å². The molecule has 1 rings (SSSR count). The summed E-state index contributed by atoms with van der Waals surface area (Å²) in [5, 5.41) is 18.1. The molecule has 0 aromatic carbocycles. The van der Waals surface area contributed by atoms with E-state index < -0.39 is 0 Å². The average molecular weight is 270 g/mol. The summed E-state index contributed by atoms with van der Waals surface area (Å²) in [5.74, 6) is 0.439. The zero-order valence-electron chi connectivity index (χ0n) is 11.9. The molecule has 1 atom stereocenters. The van der Waals surface area contributed by atoms with Crippen LogP contribution in [0.3, 0.4) is 0 Å². The summed E-state index contributed by atoms with van der Waals surface area (Å²) in [7, 11) is 0. The minimum atomic E-state index is -0.256. The van der Waals surface area contributed by atoms with Crippen LogP contribution in [0.15, 0.2) is 5.16 Å². The van der Waals surface area contributed by atoms with Gasteiger partial charge in [-0.25, -0.2) is 0 Å². The lowest BCUT2D eigenvalue weighted by molar-refractivity contribution is -0.122. The number of carbonyl (C=O) groups excluding carboxylic acids is 1. The van der Waals surface area contributed by atoms with Gasteiger partial charge in [0.1, 0.15) is 5.84 Å². The lowest BCUT2D eigenvalue weighted by Gasteiger charge is -2.25. The van der Waals surface area contributed by atoms with Crippen LogP contribution in [0.2, 0.25) is 0 Å². The Morgan fingerprint density at radius 3 is 2.89 bits per heavy atom. The molecule has 1 aliphatic rings. The number of rotatable bonds is 7. The van der Waals surface area contributed by atoms with E-state index >= 15 is 0 Å². The smallest absolute Gasteiger partial charge is 0.220 e. The molecule has 0 saturated carbocycles. The number of nitrogens with two attached hydrogens (primary N) is 1. The second-order valence-corrected chi connectivity index (χ2v) is 5.82. The van der Waals surface area contributed by atoms with E-state index in [0.29, 0.717) is 12.5 Å². The molecular formula is C13H26N4O2. The summed E-state index contributed by atoms with van der Waals surface area (Å²) < 4.78 is 0. The van der Waals surface area contributed by atoms with Gasteiger partial charge in [0.2, 0.25) is 5.91 Å². The van der Waals surface area contributed by atoms with E-state index in [1.54, 1.807) is 0 Å². The molecule has 1 unspecified atom stereocenters. The van der Waals surface area contributed by atoms with Crippen LogP contribution in [0.4, 0.5) is 0 Å². The molecular weight excluding hydrogens is 244 g/mol. The van der Waals surface area contributed by atoms with Gasteiger partial charge in [-0.2, -0.15) is 0 Å². The van der Waals surface area contributed by atoms with Crippen molar-refractivity contribution in [2.45, 2.75) is 52.0 Å². The Labute approximate surface area is 114 Å². The zero-order valence-corrected chi connectivity index (χ0v) is 11.9. The first-order valence-corrected chi connectivity index (χ1v) is 6.94. The first-order chi connectivity index (χ1) is 8.95. The van der Waals surface area contributed by atoms with Crippen molar-refractivity contribution in [2.24, 2.45) is 16.3 Å². The molecule has 1 aliphatic heterocycles. The number of amidine groups is 1. The summed E-state index contributed by atoms with van der Waals surface area (Å²) in [4.78, 5) is 11.0. The molecule has 1 heterocycles. The molecule has 1 saturated heterocycles. The maximum absolute atomic E-state index is 11.0. The van der Waals surface area contributed by atoms with Crippen LogP contribution < -0.4 is 16.4 Å². The minimum absolute atomic E-state index is 0.151. The van der Waals surface area contributed by atoms with Crippen molar-refractivity contribution in [3.63, 3.8) is 0 Å². The van der Waals surface area contributed by atoms with Crippen LogP contribution in [-0.4, -0.2) is 36.1 Å². The van der Waals surface area contributed by atoms with E-state index in [0.717, 1.165) is 38.8 Å². The Morgan fingerprint density at radius 1 is 1.58 bits per heavy atom. The summed E-state index contributed by atoms with van der Waals surface area (Å²) in [6.07, 6.45) is 4.50. The Bertz CT molecular complexity index is 319. The highest BCUT2D eigenvalue weighted by Gasteiger charge is 2.23. The molecule has 5 N–H and O–H groups in total. The molecule has 0 radical (unpaired) electrons. The molecule has 1 amide bonds. The second-order valence-electron chi connectivity index (χ2n) is 5.82. The third-order valence-corrected chi connectivity index (χ3v) is 3.73. The van der Waals surface area contributed by atoms with Gasteiger partial charge in [0.15, 0.2) is 0 Å². The normalized spacial score (nSPS) is 21.3. The number of hydrogen-bond acceptors (Lipinski definition) is 4. The Morgan fingerprint density at radius 2 is 2.32 bits per heavy atom. The van der Waals surface area contributed by atoms with Gasteiger partial charge in [0, 0.05) is 24.4 Å². The fourth-order valence-corrected chi connectivity index (χ4v) is 2.17. The third-order valence-electron chi connectivity index (χ3n) is 3.73. The Kier molecular flexibility index (Phi) is 6.08. The van der Waals surface area contributed by atoms with E-state index in [9.17, 15) is 4.79 Å². The minimum Gasteiger partial charge on any atom is -0.409 e. The van der Waals surface area contributed by atoms with Gasteiger partial charge in [-0.05, 0) is 25.8 Å². The fourth-order valence-electron chi connectivity index (χ4n) is 2.17. The molecule has 6 nitrogen and oxygen atoms in total. The summed E-state index contributed by atoms with van der Waals surface area (Å²) in [6.45, 7) is 5.62. The number of nitrogens with one attached hydrogen (secondary N) is 2. The quantitative estimate of drug-likeness (QED) is 0.181. The molecule has 0 spiro atoms. The van der Waals surface area contributed by atoms with E-state index in [2.05, 4.69) is 15.8 Å². The van der Waals surface area contributed by atoms with Gasteiger partial charge >= 0.3 is 0 Å². The SMILES string of the molecule is CC(C)(CCCCNC1CCC(=O)NC1)C(N)=NO. The van der Waals surface area contributed by atoms with E-state index in [1.165, 1.54) is 0 Å². The molecule has 0 aromatic heterocycles. The summed E-state index contributed by atoms with van der Waals surface area (Å²) in [6, 6.07) is 0.398. The second kappa shape index (κ2) is 7.33. The lowest BCUT2D eigenvalue weighted by Crippen LogP contribution is -2.45. The molecule has 6 heteroatoms. The van der Waals surface area contributed by atoms with Gasteiger partial charge in [0.25, 0.3) is 0 Å². The molecule has 0 aliphatic carbocycles. The summed E-state index contributed by atoms with van der Waals surface area (Å²) in [5.41, 5.74) is 5.38. The number of nitrogens with zero attached hydrogens (tertiary/aromatic N) is 1. The van der Waals surface area contributed by atoms with Gasteiger partial charge in [0.05, 0.1) is 0 Å². The monoisotopic (exact) mass is 270 g/mol. The van der Waals surface area contributed by atoms with Crippen LogP contribution in [-0.2, 0) is 4.79 Å². The van der Waals surface area contributed by atoms with E-state index in [-0.39, 0.29) is 17.2 Å². The van der Waals surface area contributed by atoms with Gasteiger partial charge < -0.3 is 21.6 Å². The number of unbranched alkanes of at least 4 members (excludes halogenated alkanes) is 1. The van der Waals surface area contributed by atoms with Crippen molar-refractivity contribution in [2.75, 3.05) is 13.1 Å². The van der Waals surface area contributed by atoms with Crippen LogP contribution in [0.1, 0.15) is 46.0 Å². The molecule has 110 valence electrons. The molecule has 0 bridgehead atoms. The largest absolute Gasteiger partial charge is 0.409 e. The maximum Gasteiger partial charge on any atom is 0.220 e. The van der Waals surface area contributed by atoms with Crippen molar-refractivity contribution in [3.05, 3.63) is 0 Å². The average Bonchev–Trinajstić information content (AvgIpc) is 2.39. The van der Waals surface area contributed by atoms with Crippen molar-refractivity contribution in [1.29, 1.82) is 0 Å². The first-order valence-electron chi connectivity index (χ1n) is 6.94. The van der Waals surface area contributed by atoms with Crippen LogP contribution in [0.25, 0.3) is 0 Å². The zero-order chi connectivity index (χ0) is 14.3. The predicted octanol–water partition coefficient (Wildman–Crippen LogP) is 0.798. The number of oxime groups is 1. The van der Waals surface area contributed by atoms with Crippen molar-refractivity contribution in [3.8, 4) is 0 Å². The highest BCUT2D eigenvalue weighted by Crippen LogP contribution is 2.23. The van der Waals surface area contributed by atoms with Crippen LogP contribution >= 0.6 is 0 Å². The Balaban J connectivity index is 2.10. The number of piperidine rings is 1. The van der Waals surface area contributed by atoms with E-state index in [4.69, 9.17) is 10.9 Å². The number of amides is 1. The first kappa shape index (κ1) is 15.8. The molecule has 1 fully saturated rings. The lowest BCUT2D eigenvalue weighted by atomic mass is 9.86. The molecule has 0 aromatic rings. The van der Waals surface area contributed by atoms with Crippen LogP contribution in [0.5, 0.6) is 0 Å². The number of hydrogen-bond donors (Lipinski definition) is 4.